The fourth-order valence-electron chi connectivity index (χ4n) is 9.13. The Hall–Kier alpha value is -6.97. The number of rotatable bonds is 8. The molecule has 1 aromatic heterocycles. The van der Waals surface area contributed by atoms with Crippen LogP contribution in [0.3, 0.4) is 0 Å². The van der Waals surface area contributed by atoms with E-state index in [0.717, 1.165) is 24.1 Å². The molecule has 0 aliphatic heterocycles. The fourth-order valence-corrected chi connectivity index (χ4v) is 9.13. The molecule has 1 heterocycles. The maximum absolute atomic E-state index is 10.0. The summed E-state index contributed by atoms with van der Waals surface area (Å²) in [4.78, 5) is 14.7. The van der Waals surface area contributed by atoms with Crippen molar-refractivity contribution in [3.05, 3.63) is 268 Å². The maximum Gasteiger partial charge on any atom is 0.155 e. The molecule has 0 saturated heterocycles. The molecular weight excluding hydrogens is 947 g/mol. The van der Waals surface area contributed by atoms with Gasteiger partial charge in [0.15, 0.2) is 5.78 Å². The Bertz CT molecular complexity index is 2740. The normalized spacial score (nSPS) is 12.7. The smallest absolute Gasteiger partial charge is 0.155 e. The summed E-state index contributed by atoms with van der Waals surface area (Å²) in [5.41, 5.74) is 19.7. The van der Waals surface area contributed by atoms with Gasteiger partial charge in [0.25, 0.3) is 0 Å². The predicted molar refractivity (Wildman–Crippen MR) is 255 cm³/mol. The topological polar surface area (TPSA) is 50.2 Å². The molecule has 0 atom stereocenters. The number of nitrogens with zero attached hydrogens (tertiary/aromatic N) is 1. The van der Waals surface area contributed by atoms with Gasteiger partial charge in [-0.05, 0) is 117 Å². The van der Waals surface area contributed by atoms with Crippen LogP contribution in [0, 0.1) is 6.07 Å². The van der Waals surface area contributed by atoms with Crippen molar-refractivity contribution in [2.24, 2.45) is 0 Å². The number of ketones is 1. The first-order valence-electron chi connectivity index (χ1n) is 21.1. The molecule has 8 aromatic rings. The van der Waals surface area contributed by atoms with Crippen LogP contribution >= 0.6 is 0 Å². The maximum atomic E-state index is 10.0. The van der Waals surface area contributed by atoms with E-state index in [1.165, 1.54) is 97.8 Å². The van der Waals surface area contributed by atoms with E-state index < -0.39 is 0 Å². The molecule has 1 spiro atoms. The van der Waals surface area contributed by atoms with Crippen molar-refractivity contribution in [2.45, 2.75) is 32.1 Å². The second-order valence-corrected chi connectivity index (χ2v) is 16.1. The van der Waals surface area contributed by atoms with Crippen molar-refractivity contribution in [3.63, 3.8) is 0 Å². The molecule has 2 aliphatic carbocycles. The zero-order chi connectivity index (χ0) is 42.5. The molecule has 0 amide bonds. The number of benzene rings is 7. The van der Waals surface area contributed by atoms with Gasteiger partial charge in [-0.3, -0.25) is 4.79 Å². The van der Waals surface area contributed by atoms with E-state index in [-0.39, 0.29) is 37.1 Å². The first-order valence-corrected chi connectivity index (χ1v) is 21.1. The average molecular weight is 993 g/mol. The molecule has 1 N–H and O–H groups in total. The summed E-state index contributed by atoms with van der Waals surface area (Å²) in [7, 11) is 0. The molecule has 10 rings (SSSR count). The number of aromatic nitrogens is 1. The number of hydrogen-bond acceptors (Lipinski definition) is 3. The second-order valence-electron chi connectivity index (χ2n) is 16.1. The Kier molecular flexibility index (Phi) is 12.9. The summed E-state index contributed by atoms with van der Waals surface area (Å²) >= 11 is 0. The van der Waals surface area contributed by atoms with Crippen LogP contribution in [0.2, 0.25) is 0 Å². The van der Waals surface area contributed by atoms with Crippen molar-refractivity contribution < 1.29 is 30.0 Å². The van der Waals surface area contributed by atoms with E-state index in [4.69, 9.17) is 5.11 Å². The van der Waals surface area contributed by atoms with Gasteiger partial charge in [0.05, 0.1) is 5.76 Å². The van der Waals surface area contributed by atoms with Gasteiger partial charge >= 0.3 is 0 Å². The number of carbonyl (C=O) groups excluding carboxylic acids is 1. The molecule has 309 valence electrons. The quantitative estimate of drug-likeness (QED) is 0.0714. The Labute approximate surface area is 384 Å². The number of hydrogen-bond donors (Lipinski definition) is 1. The van der Waals surface area contributed by atoms with Crippen LogP contribution in [0.25, 0.3) is 45.7 Å². The Morgan fingerprint density at radius 2 is 1.02 bits per heavy atom. The predicted octanol–water partition coefficient (Wildman–Crippen LogP) is 13.8. The zero-order valence-corrected chi connectivity index (χ0v) is 37.7. The number of aliphatic hydroxyl groups is 1. The van der Waals surface area contributed by atoms with E-state index in [9.17, 15) is 4.79 Å². The zero-order valence-electron chi connectivity index (χ0n) is 35.3. The van der Waals surface area contributed by atoms with Crippen molar-refractivity contribution in [1.29, 1.82) is 0 Å². The SMILES string of the molecule is CC(=O)/C=C(/C)O.[Ir].[c-]1cc2c(cc1-c1ccccn1)CC1(C2)c2cc(C=C(c3ccccc3)c3ccccc3)ccc2-c2ccc(C=C(c3ccccc3)c3ccccc3)cc21. The molecule has 3 nitrogen and oxygen atoms in total. The summed E-state index contributed by atoms with van der Waals surface area (Å²) in [5.74, 6) is -0.0625. The van der Waals surface area contributed by atoms with Crippen molar-refractivity contribution >= 4 is 29.1 Å². The third kappa shape index (κ3) is 9.15. The van der Waals surface area contributed by atoms with Crippen molar-refractivity contribution in [2.75, 3.05) is 0 Å². The summed E-state index contributed by atoms with van der Waals surface area (Å²) in [6.07, 6.45) is 9.62. The Morgan fingerprint density at radius 3 is 1.41 bits per heavy atom. The van der Waals surface area contributed by atoms with Gasteiger partial charge in [0.2, 0.25) is 0 Å². The second kappa shape index (κ2) is 19.0. The number of fused-ring (bicyclic) bond motifs is 6. The summed E-state index contributed by atoms with van der Waals surface area (Å²) < 4.78 is 0. The summed E-state index contributed by atoms with van der Waals surface area (Å²) in [6.45, 7) is 2.85. The molecule has 2 aliphatic rings. The number of allylic oxidation sites excluding steroid dienone is 2. The van der Waals surface area contributed by atoms with Crippen LogP contribution in [-0.4, -0.2) is 15.9 Å². The van der Waals surface area contributed by atoms with E-state index >= 15 is 0 Å². The summed E-state index contributed by atoms with van der Waals surface area (Å²) in [5, 5.41) is 8.36. The van der Waals surface area contributed by atoms with Gasteiger partial charge < -0.3 is 10.1 Å². The average Bonchev–Trinajstić information content (AvgIpc) is 3.82. The molecule has 7 aromatic carbocycles. The molecule has 1 radical (unpaired) electrons. The van der Waals surface area contributed by atoms with Crippen LogP contribution < -0.4 is 0 Å². The first-order chi connectivity index (χ1) is 30.3. The minimum atomic E-state index is -0.212. The number of carbonyl (C=O) groups is 1. The molecule has 63 heavy (non-hydrogen) atoms. The van der Waals surface area contributed by atoms with Gasteiger partial charge in [0, 0.05) is 37.8 Å². The van der Waals surface area contributed by atoms with Crippen molar-refractivity contribution in [1.82, 2.24) is 4.98 Å². The van der Waals surface area contributed by atoms with E-state index in [2.05, 4.69) is 205 Å². The van der Waals surface area contributed by atoms with Crippen LogP contribution in [-0.2, 0) is 43.2 Å². The monoisotopic (exact) mass is 993 g/mol. The van der Waals surface area contributed by atoms with Gasteiger partial charge in [-0.2, -0.15) is 0 Å². The summed E-state index contributed by atoms with van der Waals surface area (Å²) in [6, 6.07) is 71.6. The van der Waals surface area contributed by atoms with Gasteiger partial charge in [0.1, 0.15) is 0 Å². The van der Waals surface area contributed by atoms with Crippen molar-refractivity contribution in [3.8, 4) is 22.4 Å². The number of pyridine rings is 1. The third-order valence-corrected chi connectivity index (χ3v) is 11.8. The minimum absolute atomic E-state index is 0. The van der Waals surface area contributed by atoms with Crippen LogP contribution in [0.1, 0.15) is 69.5 Å². The molecule has 0 unspecified atom stereocenters. The Morgan fingerprint density at radius 1 is 0.571 bits per heavy atom. The molecule has 0 bridgehead atoms. The van der Waals surface area contributed by atoms with Gasteiger partial charge in [-0.1, -0.05) is 170 Å². The van der Waals surface area contributed by atoms with E-state index in [0.29, 0.717) is 0 Å². The minimum Gasteiger partial charge on any atom is -0.512 e. The number of aliphatic hydroxyl groups excluding tert-OH is 1. The van der Waals surface area contributed by atoms with Crippen LogP contribution in [0.5, 0.6) is 0 Å². The molecule has 0 saturated carbocycles. The molecule has 0 fully saturated rings. The van der Waals surface area contributed by atoms with Crippen LogP contribution in [0.4, 0.5) is 0 Å². The third-order valence-electron chi connectivity index (χ3n) is 11.8. The molecular formula is C59H46IrNO2-. The standard InChI is InChI=1S/C54H38N.C5H8O2.Ir/c1-5-15-40(16-6-1)49(41-17-7-2-8-18-41)31-38-24-28-47-48-29-25-39(32-50(42-19-9-3-10-20-42)43-21-11-4-12-22-43)34-52(48)54(51(47)33-38)36-45-27-26-44(35-46(45)37-54)53-23-13-14-30-55-53;1-4(6)3-5(2)7;/h1-25,27-35H,36-37H2;3,6H,1-2H3;/q-1;;/b;4-3-;. The van der Waals surface area contributed by atoms with Crippen LogP contribution in [0.15, 0.2) is 206 Å². The Balaban J connectivity index is 0.000000631. The largest absolute Gasteiger partial charge is 0.512 e. The van der Waals surface area contributed by atoms with Gasteiger partial charge in [-0.25, -0.2) is 0 Å². The van der Waals surface area contributed by atoms with E-state index in [1.807, 2.05) is 12.3 Å². The molecule has 4 heteroatoms. The van der Waals surface area contributed by atoms with Gasteiger partial charge in [-0.15, -0.1) is 34.9 Å². The fraction of sp³-hybridized carbons (Fsp3) is 0.0847. The van der Waals surface area contributed by atoms with E-state index in [1.54, 1.807) is 0 Å². The first kappa shape index (κ1) is 42.7.